The van der Waals surface area contributed by atoms with Crippen LogP contribution in [-0.2, 0) is 9.59 Å². The minimum Gasteiger partial charge on any atom is -0.423 e. The molecule has 0 atom stereocenters. The Balaban J connectivity index is 1.18. The second-order valence-corrected chi connectivity index (χ2v) is 13.5. The molecule has 0 spiro atoms. The number of ether oxygens (including phenoxy) is 2. The van der Waals surface area contributed by atoms with Crippen molar-refractivity contribution in [2.45, 2.75) is 0 Å². The molecule has 5 nitrogen and oxygen atoms in total. The van der Waals surface area contributed by atoms with E-state index in [1.807, 2.05) is 60.7 Å². The molecule has 0 radical (unpaired) electrons. The van der Waals surface area contributed by atoms with Crippen LogP contribution >= 0.6 is 11.3 Å². The van der Waals surface area contributed by atoms with Crippen LogP contribution in [0.15, 0.2) is 201 Å². The number of anilines is 3. The second kappa shape index (κ2) is 17.7. The van der Waals surface area contributed by atoms with Crippen molar-refractivity contribution in [2.75, 3.05) is 4.90 Å². The maximum absolute atomic E-state index is 11.7. The zero-order valence-electron chi connectivity index (χ0n) is 30.5. The number of rotatable bonds is 13. The highest BCUT2D eigenvalue weighted by Gasteiger charge is 2.15. The standard InChI is InChI=1S/C50H37NO4S/c1-3-49(52)54-44-29-21-40(22-30-44)46(38-12-7-5-8-13-38)34-36-17-25-42(26-18-36)51(48-16-11-33-56-48)43-27-19-37(20-28-43)35-47(39-14-9-6-10-15-39)41-23-31-45(32-24-41)55-50(53)4-2/h3-35H,1-2H2. The lowest BCUT2D eigenvalue weighted by Crippen LogP contribution is -2.08. The van der Waals surface area contributed by atoms with E-state index in [9.17, 15) is 9.59 Å². The first-order chi connectivity index (χ1) is 27.5. The molecule has 0 amide bonds. The quantitative estimate of drug-likeness (QED) is 0.0509. The van der Waals surface area contributed by atoms with Gasteiger partial charge in [0.05, 0.1) is 5.00 Å². The largest absolute Gasteiger partial charge is 0.423 e. The Bertz CT molecular complexity index is 2320. The fourth-order valence-electron chi connectivity index (χ4n) is 6.20. The van der Waals surface area contributed by atoms with E-state index in [0.717, 1.165) is 73.1 Å². The van der Waals surface area contributed by atoms with Crippen molar-refractivity contribution < 1.29 is 19.1 Å². The van der Waals surface area contributed by atoms with E-state index < -0.39 is 11.9 Å². The molecule has 0 aliphatic heterocycles. The first-order valence-corrected chi connectivity index (χ1v) is 18.8. The van der Waals surface area contributed by atoms with Crippen molar-refractivity contribution in [3.8, 4) is 11.5 Å². The van der Waals surface area contributed by atoms with Crippen LogP contribution in [0, 0.1) is 0 Å². The molecule has 0 saturated carbocycles. The van der Waals surface area contributed by atoms with Gasteiger partial charge < -0.3 is 14.4 Å². The summed E-state index contributed by atoms with van der Waals surface area (Å²) in [6, 6.07) is 56.7. The maximum Gasteiger partial charge on any atom is 0.335 e. The van der Waals surface area contributed by atoms with Crippen molar-refractivity contribution in [3.05, 3.63) is 234 Å². The molecule has 7 rings (SSSR count). The Morgan fingerprint density at radius 3 is 1.21 bits per heavy atom. The third kappa shape index (κ3) is 9.08. The van der Waals surface area contributed by atoms with Crippen LogP contribution in [0.4, 0.5) is 16.4 Å². The van der Waals surface area contributed by atoms with Gasteiger partial charge >= 0.3 is 11.9 Å². The highest BCUT2D eigenvalue weighted by Crippen LogP contribution is 2.38. The predicted molar refractivity (Wildman–Crippen MR) is 230 cm³/mol. The van der Waals surface area contributed by atoms with Gasteiger partial charge in [0.2, 0.25) is 0 Å². The molecule has 0 saturated heterocycles. The summed E-state index contributed by atoms with van der Waals surface area (Å²) in [7, 11) is 0. The molecule has 1 heterocycles. The van der Waals surface area contributed by atoms with E-state index in [4.69, 9.17) is 9.47 Å². The SMILES string of the molecule is C=CC(=O)Oc1ccc(C(=Cc2ccc(N(c3ccc(C=C(c4ccccc4)c4ccc(OC(=O)C=C)cc4)cc3)c3cccs3)cc2)c2ccccc2)cc1. The van der Waals surface area contributed by atoms with Crippen molar-refractivity contribution in [1.82, 2.24) is 0 Å². The zero-order chi connectivity index (χ0) is 38.7. The van der Waals surface area contributed by atoms with Crippen LogP contribution in [0.1, 0.15) is 33.4 Å². The normalized spacial score (nSPS) is 11.4. The van der Waals surface area contributed by atoms with Crippen LogP contribution in [0.25, 0.3) is 23.3 Å². The van der Waals surface area contributed by atoms with Gasteiger partial charge in [-0.05, 0) is 123 Å². The lowest BCUT2D eigenvalue weighted by molar-refractivity contribution is -0.129. The van der Waals surface area contributed by atoms with Gasteiger partial charge in [0.15, 0.2) is 0 Å². The molecule has 1 aromatic heterocycles. The molecule has 56 heavy (non-hydrogen) atoms. The summed E-state index contributed by atoms with van der Waals surface area (Å²) >= 11 is 1.68. The lowest BCUT2D eigenvalue weighted by atomic mass is 9.95. The Labute approximate surface area is 331 Å². The van der Waals surface area contributed by atoms with Gasteiger partial charge in [-0.2, -0.15) is 0 Å². The minimum atomic E-state index is -0.493. The third-order valence-corrected chi connectivity index (χ3v) is 9.77. The predicted octanol–water partition coefficient (Wildman–Crippen LogP) is 12.6. The molecule has 272 valence electrons. The molecule has 0 unspecified atom stereocenters. The van der Waals surface area contributed by atoms with E-state index in [1.165, 1.54) is 0 Å². The fourth-order valence-corrected chi connectivity index (χ4v) is 6.97. The average Bonchev–Trinajstić information content (AvgIpc) is 3.79. The fraction of sp³-hybridized carbons (Fsp3) is 0. The first-order valence-electron chi connectivity index (χ1n) is 17.9. The van der Waals surface area contributed by atoms with Gasteiger partial charge in [-0.3, -0.25) is 0 Å². The van der Waals surface area contributed by atoms with Crippen LogP contribution in [0.5, 0.6) is 11.5 Å². The van der Waals surface area contributed by atoms with E-state index >= 15 is 0 Å². The third-order valence-electron chi connectivity index (χ3n) is 8.92. The number of carbonyl (C=O) groups excluding carboxylic acids is 2. The van der Waals surface area contributed by atoms with E-state index in [-0.39, 0.29) is 0 Å². The van der Waals surface area contributed by atoms with E-state index in [1.54, 1.807) is 35.6 Å². The molecule has 0 bridgehead atoms. The van der Waals surface area contributed by atoms with Crippen molar-refractivity contribution in [3.63, 3.8) is 0 Å². The van der Waals surface area contributed by atoms with Crippen LogP contribution in [0.2, 0.25) is 0 Å². The molecular weight excluding hydrogens is 711 g/mol. The molecule has 0 aliphatic carbocycles. The highest BCUT2D eigenvalue weighted by atomic mass is 32.1. The molecular formula is C50H37NO4S. The molecule has 0 aliphatic rings. The van der Waals surface area contributed by atoms with Gasteiger partial charge in [0.25, 0.3) is 0 Å². The number of nitrogens with zero attached hydrogens (tertiary/aromatic N) is 1. The van der Waals surface area contributed by atoms with Crippen LogP contribution in [0.3, 0.4) is 0 Å². The van der Waals surface area contributed by atoms with Crippen molar-refractivity contribution >= 4 is 62.9 Å². The Morgan fingerprint density at radius 2 is 0.857 bits per heavy atom. The molecule has 0 N–H and O–H groups in total. The number of thiophene rings is 1. The summed E-state index contributed by atoms with van der Waals surface area (Å²) < 4.78 is 10.6. The van der Waals surface area contributed by atoms with Gasteiger partial charge in [-0.15, -0.1) is 11.3 Å². The van der Waals surface area contributed by atoms with E-state index in [0.29, 0.717) is 11.5 Å². The summed E-state index contributed by atoms with van der Waals surface area (Å²) in [5.41, 5.74) is 10.4. The second-order valence-electron chi connectivity index (χ2n) is 12.6. The van der Waals surface area contributed by atoms with Gasteiger partial charge in [-0.1, -0.05) is 122 Å². The Kier molecular flexibility index (Phi) is 11.7. The van der Waals surface area contributed by atoms with Crippen LogP contribution in [-0.4, -0.2) is 11.9 Å². The van der Waals surface area contributed by atoms with Gasteiger partial charge in [-0.25, -0.2) is 9.59 Å². The van der Waals surface area contributed by atoms with E-state index in [2.05, 4.69) is 121 Å². The Morgan fingerprint density at radius 1 is 0.464 bits per heavy atom. The van der Waals surface area contributed by atoms with Crippen LogP contribution < -0.4 is 14.4 Å². The number of carbonyl (C=O) groups is 2. The number of hydrogen-bond acceptors (Lipinski definition) is 6. The summed E-state index contributed by atoms with van der Waals surface area (Å²) in [5, 5.41) is 3.18. The highest BCUT2D eigenvalue weighted by molar-refractivity contribution is 7.14. The zero-order valence-corrected chi connectivity index (χ0v) is 31.3. The number of esters is 2. The summed E-state index contributed by atoms with van der Waals surface area (Å²) in [6.07, 6.45) is 6.65. The summed E-state index contributed by atoms with van der Waals surface area (Å²) in [5.74, 6) is -0.0606. The molecule has 6 heteroatoms. The van der Waals surface area contributed by atoms with Crippen molar-refractivity contribution in [2.24, 2.45) is 0 Å². The smallest absolute Gasteiger partial charge is 0.335 e. The Hall–Kier alpha value is -7.28. The summed E-state index contributed by atoms with van der Waals surface area (Å²) in [6.45, 7) is 6.96. The van der Waals surface area contributed by atoms with Gasteiger partial charge in [0.1, 0.15) is 11.5 Å². The number of benzene rings is 6. The minimum absolute atomic E-state index is 0.463. The number of hydrogen-bond donors (Lipinski definition) is 0. The monoisotopic (exact) mass is 747 g/mol. The average molecular weight is 748 g/mol. The topological polar surface area (TPSA) is 55.8 Å². The van der Waals surface area contributed by atoms with Crippen molar-refractivity contribution in [1.29, 1.82) is 0 Å². The van der Waals surface area contributed by atoms with Gasteiger partial charge in [0, 0.05) is 23.5 Å². The molecule has 6 aromatic carbocycles. The molecule has 0 fully saturated rings. The summed E-state index contributed by atoms with van der Waals surface area (Å²) in [4.78, 5) is 25.7. The molecule has 7 aromatic rings. The maximum atomic E-state index is 11.7. The first kappa shape index (κ1) is 37.1. The lowest BCUT2D eigenvalue weighted by Gasteiger charge is -2.24.